The molecule has 0 saturated heterocycles. The SMILES string of the molecule is NS(=O)(=O)c1nnc(NC(=O)CCNC(=O)c2ccncc2)s1. The van der Waals surface area contributed by atoms with Crippen molar-refractivity contribution in [1.82, 2.24) is 20.5 Å². The molecule has 23 heavy (non-hydrogen) atoms. The first-order valence-electron chi connectivity index (χ1n) is 6.20. The van der Waals surface area contributed by atoms with E-state index in [9.17, 15) is 18.0 Å². The summed E-state index contributed by atoms with van der Waals surface area (Å²) in [6.45, 7) is 0.105. The Morgan fingerprint density at radius 1 is 1.22 bits per heavy atom. The van der Waals surface area contributed by atoms with Crippen molar-refractivity contribution in [2.24, 2.45) is 5.14 Å². The summed E-state index contributed by atoms with van der Waals surface area (Å²) in [5.41, 5.74) is 0.433. The molecule has 0 aliphatic heterocycles. The normalized spacial score (nSPS) is 11.0. The number of primary sulfonamides is 1. The fraction of sp³-hybridized carbons (Fsp3) is 0.182. The average Bonchev–Trinajstić information content (AvgIpc) is 2.96. The zero-order chi connectivity index (χ0) is 16.9. The predicted molar refractivity (Wildman–Crippen MR) is 81.1 cm³/mol. The number of sulfonamides is 1. The Morgan fingerprint density at radius 2 is 1.91 bits per heavy atom. The number of anilines is 1. The van der Waals surface area contributed by atoms with E-state index < -0.39 is 20.3 Å². The van der Waals surface area contributed by atoms with Gasteiger partial charge in [0, 0.05) is 30.9 Å². The van der Waals surface area contributed by atoms with Crippen LogP contribution in [0.25, 0.3) is 0 Å². The van der Waals surface area contributed by atoms with Gasteiger partial charge in [0.15, 0.2) is 0 Å². The largest absolute Gasteiger partial charge is 0.352 e. The molecule has 10 nitrogen and oxygen atoms in total. The van der Waals surface area contributed by atoms with Crippen LogP contribution in [0.1, 0.15) is 16.8 Å². The lowest BCUT2D eigenvalue weighted by atomic mass is 10.2. The Morgan fingerprint density at radius 3 is 2.52 bits per heavy atom. The monoisotopic (exact) mass is 356 g/mol. The molecule has 4 N–H and O–H groups in total. The number of nitrogens with two attached hydrogens (primary N) is 1. The lowest BCUT2D eigenvalue weighted by Crippen LogP contribution is -2.27. The minimum atomic E-state index is -3.95. The fourth-order valence-corrected chi connectivity index (χ4v) is 2.80. The van der Waals surface area contributed by atoms with Crippen molar-refractivity contribution in [3.05, 3.63) is 30.1 Å². The Balaban J connectivity index is 1.79. The van der Waals surface area contributed by atoms with Gasteiger partial charge in [-0.05, 0) is 12.1 Å². The number of rotatable bonds is 6. The maximum absolute atomic E-state index is 11.7. The van der Waals surface area contributed by atoms with Gasteiger partial charge in [-0.1, -0.05) is 11.3 Å². The number of aromatic nitrogens is 3. The maximum Gasteiger partial charge on any atom is 0.267 e. The Hall–Kier alpha value is -2.44. The molecular weight excluding hydrogens is 344 g/mol. The van der Waals surface area contributed by atoms with Gasteiger partial charge in [0.1, 0.15) is 0 Å². The second kappa shape index (κ2) is 7.21. The van der Waals surface area contributed by atoms with E-state index in [0.29, 0.717) is 16.9 Å². The summed E-state index contributed by atoms with van der Waals surface area (Å²) in [6, 6.07) is 3.09. The zero-order valence-electron chi connectivity index (χ0n) is 11.6. The first kappa shape index (κ1) is 16.9. The third-order valence-corrected chi connectivity index (χ3v) is 4.63. The fourth-order valence-electron chi connectivity index (χ4n) is 1.45. The van der Waals surface area contributed by atoms with Gasteiger partial charge in [0.05, 0.1) is 0 Å². The topological polar surface area (TPSA) is 157 Å². The first-order valence-corrected chi connectivity index (χ1v) is 8.57. The third-order valence-electron chi connectivity index (χ3n) is 2.48. The molecule has 0 aromatic carbocycles. The molecule has 0 atom stereocenters. The van der Waals surface area contributed by atoms with Crippen molar-refractivity contribution in [2.75, 3.05) is 11.9 Å². The van der Waals surface area contributed by atoms with Crippen LogP contribution in [-0.2, 0) is 14.8 Å². The molecule has 0 saturated carbocycles. The minimum absolute atomic E-state index is 0.0128. The minimum Gasteiger partial charge on any atom is -0.352 e. The number of hydrogen-bond acceptors (Lipinski definition) is 8. The quantitative estimate of drug-likeness (QED) is 0.580. The average molecular weight is 356 g/mol. The summed E-state index contributed by atoms with van der Waals surface area (Å²) in [5.74, 6) is -0.773. The molecule has 2 aromatic rings. The van der Waals surface area contributed by atoms with E-state index in [1.807, 2.05) is 0 Å². The summed E-state index contributed by atoms with van der Waals surface area (Å²) in [6.07, 6.45) is 2.96. The smallest absolute Gasteiger partial charge is 0.267 e. The first-order chi connectivity index (χ1) is 10.9. The molecule has 0 unspecified atom stereocenters. The van der Waals surface area contributed by atoms with Crippen LogP contribution in [0.2, 0.25) is 0 Å². The lowest BCUT2D eigenvalue weighted by molar-refractivity contribution is -0.116. The molecule has 0 spiro atoms. The number of hydrogen-bond donors (Lipinski definition) is 3. The molecule has 12 heteroatoms. The summed E-state index contributed by atoms with van der Waals surface area (Å²) in [5, 5.41) is 16.7. The van der Waals surface area contributed by atoms with E-state index in [1.165, 1.54) is 12.4 Å². The molecule has 2 aromatic heterocycles. The molecular formula is C11H12N6O4S2. The molecule has 2 amide bonds. The van der Waals surface area contributed by atoms with Crippen LogP contribution < -0.4 is 15.8 Å². The highest BCUT2D eigenvalue weighted by Gasteiger charge is 2.16. The maximum atomic E-state index is 11.7. The highest BCUT2D eigenvalue weighted by Crippen LogP contribution is 2.18. The molecule has 0 bridgehead atoms. The molecule has 0 fully saturated rings. The van der Waals surface area contributed by atoms with E-state index in [0.717, 1.165) is 0 Å². The summed E-state index contributed by atoms with van der Waals surface area (Å²) >= 11 is 0.643. The van der Waals surface area contributed by atoms with Crippen LogP contribution in [0.5, 0.6) is 0 Å². The van der Waals surface area contributed by atoms with Crippen molar-refractivity contribution in [3.63, 3.8) is 0 Å². The van der Waals surface area contributed by atoms with Crippen LogP contribution in [0.15, 0.2) is 28.9 Å². The van der Waals surface area contributed by atoms with E-state index in [2.05, 4.69) is 25.8 Å². The second-order valence-electron chi connectivity index (χ2n) is 4.21. The van der Waals surface area contributed by atoms with Crippen molar-refractivity contribution in [1.29, 1.82) is 0 Å². The number of nitrogens with zero attached hydrogens (tertiary/aromatic N) is 3. The standard InChI is InChI=1S/C11H12N6O4S2/c12-23(20,21)11-17-16-10(22-11)15-8(18)3-6-14-9(19)7-1-4-13-5-2-7/h1-2,4-5H,3,6H2,(H,14,19)(H2,12,20,21)(H,15,16,18). The van der Waals surface area contributed by atoms with Gasteiger partial charge >= 0.3 is 0 Å². The number of carbonyl (C=O) groups excluding carboxylic acids is 2. The summed E-state index contributed by atoms with van der Waals surface area (Å²) in [4.78, 5) is 27.2. The van der Waals surface area contributed by atoms with Crippen LogP contribution in [0.4, 0.5) is 5.13 Å². The van der Waals surface area contributed by atoms with Gasteiger partial charge in [0.2, 0.25) is 15.4 Å². The second-order valence-corrected chi connectivity index (χ2v) is 6.92. The van der Waals surface area contributed by atoms with Gasteiger partial charge < -0.3 is 10.6 Å². The lowest BCUT2D eigenvalue weighted by Gasteiger charge is -2.04. The zero-order valence-corrected chi connectivity index (χ0v) is 13.2. The van der Waals surface area contributed by atoms with Crippen molar-refractivity contribution in [3.8, 4) is 0 Å². The van der Waals surface area contributed by atoms with Gasteiger partial charge in [-0.15, -0.1) is 10.2 Å². The molecule has 2 rings (SSSR count). The predicted octanol–water partition coefficient (Wildman–Crippen LogP) is -0.661. The van der Waals surface area contributed by atoms with E-state index >= 15 is 0 Å². The number of amides is 2. The van der Waals surface area contributed by atoms with Crippen molar-refractivity contribution >= 4 is 38.3 Å². The van der Waals surface area contributed by atoms with Gasteiger partial charge in [0.25, 0.3) is 15.9 Å². The van der Waals surface area contributed by atoms with E-state index in [-0.39, 0.29) is 24.0 Å². The van der Waals surface area contributed by atoms with E-state index in [1.54, 1.807) is 12.1 Å². The molecule has 0 aliphatic rings. The summed E-state index contributed by atoms with van der Waals surface area (Å²) < 4.78 is 21.7. The Bertz CT molecular complexity index is 805. The van der Waals surface area contributed by atoms with Crippen molar-refractivity contribution < 1.29 is 18.0 Å². The van der Waals surface area contributed by atoms with Gasteiger partial charge in [-0.25, -0.2) is 13.6 Å². The third kappa shape index (κ3) is 5.05. The highest BCUT2D eigenvalue weighted by atomic mass is 32.2. The highest BCUT2D eigenvalue weighted by molar-refractivity contribution is 7.91. The molecule has 0 radical (unpaired) electrons. The number of nitrogens with one attached hydrogen (secondary N) is 2. The summed E-state index contributed by atoms with van der Waals surface area (Å²) in [7, 11) is -3.95. The molecule has 0 aliphatic carbocycles. The Kier molecular flexibility index (Phi) is 5.31. The Labute approximate surface area is 135 Å². The van der Waals surface area contributed by atoms with Gasteiger partial charge in [-0.3, -0.25) is 14.6 Å². The van der Waals surface area contributed by atoms with Crippen LogP contribution in [0.3, 0.4) is 0 Å². The van der Waals surface area contributed by atoms with Crippen LogP contribution >= 0.6 is 11.3 Å². The number of pyridine rings is 1. The number of carbonyl (C=O) groups is 2. The van der Waals surface area contributed by atoms with Crippen molar-refractivity contribution in [2.45, 2.75) is 10.8 Å². The molecule has 2 heterocycles. The van der Waals surface area contributed by atoms with Crippen LogP contribution in [0, 0.1) is 0 Å². The van der Waals surface area contributed by atoms with Crippen LogP contribution in [-0.4, -0.2) is 42.0 Å². The molecule has 122 valence electrons. The van der Waals surface area contributed by atoms with Gasteiger partial charge in [-0.2, -0.15) is 0 Å². The van der Waals surface area contributed by atoms with E-state index in [4.69, 9.17) is 5.14 Å².